The van der Waals surface area contributed by atoms with Crippen LogP contribution in [-0.2, 0) is 6.42 Å². The number of nitrogens with zero attached hydrogens (tertiary/aromatic N) is 1. The highest BCUT2D eigenvalue weighted by molar-refractivity contribution is 5.88. The summed E-state index contributed by atoms with van der Waals surface area (Å²) in [6, 6.07) is 7.44. The van der Waals surface area contributed by atoms with E-state index >= 15 is 0 Å². The lowest BCUT2D eigenvalue weighted by Crippen LogP contribution is -2.19. The monoisotopic (exact) mass is 300 g/mol. The number of carboxylic acid groups (broad SMARTS) is 1. The third kappa shape index (κ3) is 2.88. The van der Waals surface area contributed by atoms with Gasteiger partial charge in [0.15, 0.2) is 0 Å². The molecule has 1 aromatic heterocycles. The van der Waals surface area contributed by atoms with E-state index in [4.69, 9.17) is 5.11 Å². The highest BCUT2D eigenvalue weighted by atomic mass is 16.4. The fourth-order valence-corrected chi connectivity index (χ4v) is 2.46. The molecule has 0 saturated heterocycles. The van der Waals surface area contributed by atoms with E-state index in [0.29, 0.717) is 12.1 Å². The summed E-state index contributed by atoms with van der Waals surface area (Å²) in [7, 11) is 3.94. The minimum absolute atomic E-state index is 0.219. The van der Waals surface area contributed by atoms with Crippen molar-refractivity contribution in [3.63, 3.8) is 0 Å². The summed E-state index contributed by atoms with van der Waals surface area (Å²) in [5.74, 6) is -1.21. The van der Waals surface area contributed by atoms with Crippen LogP contribution < -0.4 is 10.5 Å². The summed E-state index contributed by atoms with van der Waals surface area (Å²) < 4.78 is 0. The molecule has 2 aromatic rings. The van der Waals surface area contributed by atoms with Crippen molar-refractivity contribution in [2.24, 2.45) is 0 Å². The second-order valence-electron chi connectivity index (χ2n) is 5.46. The molecule has 0 unspecified atom stereocenters. The molecule has 2 N–H and O–H groups in total. The van der Waals surface area contributed by atoms with Gasteiger partial charge in [0.2, 0.25) is 0 Å². The Labute approximate surface area is 129 Å². The summed E-state index contributed by atoms with van der Waals surface area (Å²) in [5.41, 5.74) is 3.73. The highest BCUT2D eigenvalue weighted by Gasteiger charge is 2.15. The van der Waals surface area contributed by atoms with Crippen molar-refractivity contribution in [2.45, 2.75) is 20.3 Å². The maximum Gasteiger partial charge on any atom is 0.341 e. The molecule has 1 heterocycles. The quantitative estimate of drug-likeness (QED) is 0.910. The number of aromatic nitrogens is 1. The number of aromatic amines is 1. The van der Waals surface area contributed by atoms with Crippen molar-refractivity contribution in [2.75, 3.05) is 19.0 Å². The molecule has 2 rings (SSSR count). The standard InChI is InChI=1S/C17H20N2O3/c1-5-11-9-14(17(21)22)16(20)18-15(11)13-7-6-12(19(3)4)8-10(13)2/h6-9H,5H2,1-4H3,(H,18,20)(H,21,22). The second kappa shape index (κ2) is 6.05. The number of hydrogen-bond donors (Lipinski definition) is 2. The summed E-state index contributed by atoms with van der Waals surface area (Å²) in [5, 5.41) is 9.07. The number of anilines is 1. The van der Waals surface area contributed by atoms with Crippen molar-refractivity contribution in [1.82, 2.24) is 4.98 Å². The third-order valence-electron chi connectivity index (χ3n) is 3.73. The van der Waals surface area contributed by atoms with Gasteiger partial charge in [0.05, 0.1) is 5.69 Å². The van der Waals surface area contributed by atoms with Gasteiger partial charge in [-0.05, 0) is 42.7 Å². The lowest BCUT2D eigenvalue weighted by atomic mass is 9.98. The van der Waals surface area contributed by atoms with Gasteiger partial charge in [0.25, 0.3) is 5.56 Å². The molecule has 116 valence electrons. The zero-order valence-corrected chi connectivity index (χ0v) is 13.2. The molecule has 0 atom stereocenters. The molecule has 5 nitrogen and oxygen atoms in total. The topological polar surface area (TPSA) is 73.4 Å². The average molecular weight is 300 g/mol. The molecule has 0 radical (unpaired) electrons. The zero-order valence-electron chi connectivity index (χ0n) is 13.2. The molecule has 0 aliphatic heterocycles. The lowest BCUT2D eigenvalue weighted by Gasteiger charge is -2.16. The van der Waals surface area contributed by atoms with E-state index in [9.17, 15) is 9.59 Å². The summed E-state index contributed by atoms with van der Waals surface area (Å²) >= 11 is 0. The molecule has 22 heavy (non-hydrogen) atoms. The van der Waals surface area contributed by atoms with Crippen LogP contribution in [0.5, 0.6) is 0 Å². The minimum Gasteiger partial charge on any atom is -0.477 e. The number of aryl methyl sites for hydroxylation is 2. The molecule has 0 aliphatic carbocycles. The first-order valence-corrected chi connectivity index (χ1v) is 7.13. The first-order valence-electron chi connectivity index (χ1n) is 7.13. The number of hydrogen-bond acceptors (Lipinski definition) is 3. The molecule has 0 saturated carbocycles. The van der Waals surface area contributed by atoms with Crippen LogP contribution >= 0.6 is 0 Å². The Bertz CT molecular complexity index is 776. The Morgan fingerprint density at radius 3 is 2.45 bits per heavy atom. The van der Waals surface area contributed by atoms with Gasteiger partial charge in [-0.25, -0.2) is 4.79 Å². The summed E-state index contributed by atoms with van der Waals surface area (Å²) in [4.78, 5) is 27.8. The van der Waals surface area contributed by atoms with Crippen molar-refractivity contribution in [3.8, 4) is 11.3 Å². The van der Waals surface area contributed by atoms with Gasteiger partial charge < -0.3 is 15.0 Å². The Morgan fingerprint density at radius 2 is 1.95 bits per heavy atom. The Kier molecular flexibility index (Phi) is 4.35. The number of aromatic carboxylic acids is 1. The summed E-state index contributed by atoms with van der Waals surface area (Å²) in [6.07, 6.45) is 0.640. The van der Waals surface area contributed by atoms with Crippen LogP contribution in [0.1, 0.15) is 28.4 Å². The average Bonchev–Trinajstić information content (AvgIpc) is 2.46. The molecule has 0 fully saturated rings. The van der Waals surface area contributed by atoms with E-state index in [1.807, 2.05) is 51.0 Å². The van der Waals surface area contributed by atoms with E-state index < -0.39 is 11.5 Å². The van der Waals surface area contributed by atoms with E-state index in [0.717, 1.165) is 22.4 Å². The number of rotatable bonds is 4. The van der Waals surface area contributed by atoms with Crippen molar-refractivity contribution < 1.29 is 9.90 Å². The van der Waals surface area contributed by atoms with Crippen molar-refractivity contribution in [3.05, 3.63) is 51.3 Å². The van der Waals surface area contributed by atoms with E-state index in [-0.39, 0.29) is 5.56 Å². The Hall–Kier alpha value is -2.56. The van der Waals surface area contributed by atoms with Crippen LogP contribution in [0.3, 0.4) is 0 Å². The van der Waals surface area contributed by atoms with Gasteiger partial charge in [-0.2, -0.15) is 0 Å². The van der Waals surface area contributed by atoms with Crippen LogP contribution in [-0.4, -0.2) is 30.2 Å². The Morgan fingerprint density at radius 1 is 1.27 bits per heavy atom. The van der Waals surface area contributed by atoms with Crippen LogP contribution in [0.4, 0.5) is 5.69 Å². The maximum absolute atomic E-state index is 12.0. The van der Waals surface area contributed by atoms with Gasteiger partial charge in [0.1, 0.15) is 5.56 Å². The van der Waals surface area contributed by atoms with Crippen molar-refractivity contribution in [1.29, 1.82) is 0 Å². The smallest absolute Gasteiger partial charge is 0.341 e. The molecular formula is C17H20N2O3. The number of carboxylic acids is 1. The van der Waals surface area contributed by atoms with E-state index in [2.05, 4.69) is 4.98 Å². The highest BCUT2D eigenvalue weighted by Crippen LogP contribution is 2.28. The van der Waals surface area contributed by atoms with E-state index in [1.165, 1.54) is 6.07 Å². The fourth-order valence-electron chi connectivity index (χ4n) is 2.46. The zero-order chi connectivity index (χ0) is 16.4. The van der Waals surface area contributed by atoms with Gasteiger partial charge in [-0.1, -0.05) is 13.0 Å². The fraction of sp³-hybridized carbons (Fsp3) is 0.294. The number of H-pyrrole nitrogens is 1. The lowest BCUT2D eigenvalue weighted by molar-refractivity contribution is 0.0695. The van der Waals surface area contributed by atoms with Gasteiger partial charge >= 0.3 is 5.97 Å². The van der Waals surface area contributed by atoms with Gasteiger partial charge in [0, 0.05) is 25.3 Å². The van der Waals surface area contributed by atoms with Gasteiger partial charge in [-0.15, -0.1) is 0 Å². The van der Waals surface area contributed by atoms with Crippen molar-refractivity contribution >= 4 is 11.7 Å². The summed E-state index contributed by atoms with van der Waals surface area (Å²) in [6.45, 7) is 3.91. The number of benzene rings is 1. The van der Waals surface area contributed by atoms with Crippen LogP contribution in [0.15, 0.2) is 29.1 Å². The molecular weight excluding hydrogens is 280 g/mol. The van der Waals surface area contributed by atoms with Crippen LogP contribution in [0, 0.1) is 6.92 Å². The van der Waals surface area contributed by atoms with Crippen LogP contribution in [0.2, 0.25) is 0 Å². The molecule has 0 aliphatic rings. The second-order valence-corrected chi connectivity index (χ2v) is 5.46. The number of pyridine rings is 1. The normalized spacial score (nSPS) is 10.5. The van der Waals surface area contributed by atoms with E-state index in [1.54, 1.807) is 0 Å². The van der Waals surface area contributed by atoms with Gasteiger partial charge in [-0.3, -0.25) is 4.79 Å². The SMILES string of the molecule is CCc1cc(C(=O)O)c(=O)[nH]c1-c1ccc(N(C)C)cc1C. The molecule has 1 aromatic carbocycles. The maximum atomic E-state index is 12.0. The van der Waals surface area contributed by atoms with Crippen LogP contribution in [0.25, 0.3) is 11.3 Å². The molecule has 0 amide bonds. The molecule has 0 spiro atoms. The first-order chi connectivity index (χ1) is 10.3. The predicted octanol–water partition coefficient (Wildman–Crippen LogP) is 2.68. The number of carbonyl (C=O) groups is 1. The minimum atomic E-state index is -1.21. The molecule has 5 heteroatoms. The Balaban J connectivity index is 2.65. The first kappa shape index (κ1) is 15.8. The third-order valence-corrected chi connectivity index (χ3v) is 3.73. The molecule has 0 bridgehead atoms. The number of nitrogens with one attached hydrogen (secondary N) is 1. The largest absolute Gasteiger partial charge is 0.477 e. The predicted molar refractivity (Wildman–Crippen MR) is 87.9 cm³/mol.